The summed E-state index contributed by atoms with van der Waals surface area (Å²) in [6.45, 7) is 5.19. The fourth-order valence-electron chi connectivity index (χ4n) is 1.88. The minimum Gasteiger partial charge on any atom is -0.481 e. The quantitative estimate of drug-likeness (QED) is 0.833. The van der Waals surface area contributed by atoms with Crippen LogP contribution in [0.3, 0.4) is 0 Å². The van der Waals surface area contributed by atoms with Gasteiger partial charge in [-0.25, -0.2) is 0 Å². The van der Waals surface area contributed by atoms with Gasteiger partial charge in [0.15, 0.2) is 6.10 Å². The summed E-state index contributed by atoms with van der Waals surface area (Å²) in [6, 6.07) is 4.91. The summed E-state index contributed by atoms with van der Waals surface area (Å²) >= 11 is 0. The van der Waals surface area contributed by atoms with E-state index in [4.69, 9.17) is 16.2 Å². The van der Waals surface area contributed by atoms with Gasteiger partial charge in [-0.1, -0.05) is 13.8 Å². The standard InChI is InChI=1S/C14H17N3O3/c1-7(2)12-9(6-15)4-10(5-11(12)14(17)19)20-8(3)13(16)18/h4-5,7-8H,1-3H3,(H2,16,18)(H2,17,19). The Hall–Kier alpha value is -2.55. The number of benzene rings is 1. The first-order valence-corrected chi connectivity index (χ1v) is 6.11. The molecule has 0 aliphatic rings. The van der Waals surface area contributed by atoms with Crippen LogP contribution in [0, 0.1) is 11.3 Å². The largest absolute Gasteiger partial charge is 0.481 e. The molecule has 6 nitrogen and oxygen atoms in total. The Morgan fingerprint density at radius 2 is 1.85 bits per heavy atom. The van der Waals surface area contributed by atoms with E-state index in [-0.39, 0.29) is 17.2 Å². The van der Waals surface area contributed by atoms with Crippen LogP contribution in [0.5, 0.6) is 5.75 Å². The molecule has 1 aromatic carbocycles. The number of nitriles is 1. The zero-order valence-corrected chi connectivity index (χ0v) is 11.6. The lowest BCUT2D eigenvalue weighted by molar-refractivity contribution is -0.123. The average molecular weight is 275 g/mol. The molecule has 2 amide bonds. The van der Waals surface area contributed by atoms with Crippen LogP contribution >= 0.6 is 0 Å². The van der Waals surface area contributed by atoms with Gasteiger partial charge in [-0.05, 0) is 30.5 Å². The maximum atomic E-state index is 11.5. The van der Waals surface area contributed by atoms with Crippen molar-refractivity contribution in [2.45, 2.75) is 32.8 Å². The molecule has 0 aromatic heterocycles. The smallest absolute Gasteiger partial charge is 0.258 e. The molecule has 0 fully saturated rings. The molecule has 0 bridgehead atoms. The second kappa shape index (κ2) is 6.06. The lowest BCUT2D eigenvalue weighted by Gasteiger charge is -2.17. The minimum atomic E-state index is -0.868. The van der Waals surface area contributed by atoms with Crippen LogP contribution in [0.15, 0.2) is 12.1 Å². The van der Waals surface area contributed by atoms with Crippen LogP contribution < -0.4 is 16.2 Å². The fraction of sp³-hybridized carbons (Fsp3) is 0.357. The highest BCUT2D eigenvalue weighted by atomic mass is 16.5. The van der Waals surface area contributed by atoms with Crippen LogP contribution in [0.2, 0.25) is 0 Å². The van der Waals surface area contributed by atoms with E-state index >= 15 is 0 Å². The van der Waals surface area contributed by atoms with Crippen molar-refractivity contribution in [3.8, 4) is 11.8 Å². The molecule has 0 radical (unpaired) electrons. The maximum absolute atomic E-state index is 11.5. The Bertz CT molecular complexity index is 588. The van der Waals surface area contributed by atoms with Gasteiger partial charge in [0.25, 0.3) is 5.91 Å². The first-order valence-electron chi connectivity index (χ1n) is 6.11. The molecule has 1 atom stereocenters. The summed E-state index contributed by atoms with van der Waals surface area (Å²) in [5, 5.41) is 9.19. The highest BCUT2D eigenvalue weighted by Crippen LogP contribution is 2.28. The zero-order chi connectivity index (χ0) is 15.4. The third-order valence-corrected chi connectivity index (χ3v) is 2.83. The number of nitrogens with zero attached hydrogens (tertiary/aromatic N) is 1. The van der Waals surface area contributed by atoms with Crippen LogP contribution in [-0.2, 0) is 4.79 Å². The number of ether oxygens (including phenoxy) is 1. The first-order chi connectivity index (χ1) is 9.27. The predicted octanol–water partition coefficient (Wildman–Crippen LogP) is 1.03. The molecule has 106 valence electrons. The number of hydrogen-bond acceptors (Lipinski definition) is 4. The summed E-state index contributed by atoms with van der Waals surface area (Å²) in [5.74, 6) is -1.12. The summed E-state index contributed by atoms with van der Waals surface area (Å²) in [6.07, 6.45) is -0.868. The SMILES string of the molecule is CC(Oc1cc(C#N)c(C(C)C)c(C(N)=O)c1)C(N)=O. The van der Waals surface area contributed by atoms with Gasteiger partial charge in [-0.15, -0.1) is 0 Å². The molecule has 0 spiro atoms. The van der Waals surface area contributed by atoms with Crippen LogP contribution in [0.4, 0.5) is 0 Å². The molecule has 1 rings (SSSR count). The van der Waals surface area contributed by atoms with Gasteiger partial charge < -0.3 is 16.2 Å². The van der Waals surface area contributed by atoms with Gasteiger partial charge in [-0.3, -0.25) is 9.59 Å². The molecule has 0 aliphatic carbocycles. The molecular formula is C14H17N3O3. The molecule has 0 saturated carbocycles. The number of amides is 2. The fourth-order valence-corrected chi connectivity index (χ4v) is 1.88. The Morgan fingerprint density at radius 1 is 1.25 bits per heavy atom. The van der Waals surface area contributed by atoms with Gasteiger partial charge >= 0.3 is 0 Å². The third-order valence-electron chi connectivity index (χ3n) is 2.83. The predicted molar refractivity (Wildman–Crippen MR) is 73.0 cm³/mol. The van der Waals surface area contributed by atoms with E-state index < -0.39 is 17.9 Å². The van der Waals surface area contributed by atoms with Crippen molar-refractivity contribution in [3.05, 3.63) is 28.8 Å². The number of primary amides is 2. The van der Waals surface area contributed by atoms with Crippen LogP contribution in [0.1, 0.15) is 48.2 Å². The zero-order valence-electron chi connectivity index (χ0n) is 11.6. The van der Waals surface area contributed by atoms with E-state index in [9.17, 15) is 14.9 Å². The lowest BCUT2D eigenvalue weighted by Crippen LogP contribution is -2.30. The molecule has 0 saturated heterocycles. The van der Waals surface area contributed by atoms with E-state index in [1.807, 2.05) is 19.9 Å². The molecule has 4 N–H and O–H groups in total. The summed E-state index contributed by atoms with van der Waals surface area (Å²) in [4.78, 5) is 22.5. The Labute approximate surface area is 117 Å². The van der Waals surface area contributed by atoms with E-state index in [0.717, 1.165) is 0 Å². The van der Waals surface area contributed by atoms with Crippen molar-refractivity contribution in [1.82, 2.24) is 0 Å². The molecule has 1 aromatic rings. The summed E-state index contributed by atoms with van der Waals surface area (Å²) < 4.78 is 5.31. The van der Waals surface area contributed by atoms with Crippen molar-refractivity contribution in [2.24, 2.45) is 11.5 Å². The number of rotatable bonds is 5. The highest BCUT2D eigenvalue weighted by molar-refractivity contribution is 5.95. The first kappa shape index (κ1) is 15.5. The van der Waals surface area contributed by atoms with Crippen molar-refractivity contribution in [3.63, 3.8) is 0 Å². The molecule has 0 heterocycles. The van der Waals surface area contributed by atoms with Crippen molar-refractivity contribution in [2.75, 3.05) is 0 Å². The van der Waals surface area contributed by atoms with Gasteiger partial charge in [0.1, 0.15) is 5.75 Å². The second-order valence-corrected chi connectivity index (χ2v) is 4.73. The molecule has 20 heavy (non-hydrogen) atoms. The minimum absolute atomic E-state index is 0.0465. The van der Waals surface area contributed by atoms with Crippen molar-refractivity contribution >= 4 is 11.8 Å². The van der Waals surface area contributed by atoms with Gasteiger partial charge in [0, 0.05) is 5.56 Å². The normalized spacial score (nSPS) is 11.8. The van der Waals surface area contributed by atoms with E-state index in [0.29, 0.717) is 11.1 Å². The molecule has 6 heteroatoms. The maximum Gasteiger partial charge on any atom is 0.258 e. The topological polar surface area (TPSA) is 119 Å². The molecule has 1 unspecified atom stereocenters. The van der Waals surface area contributed by atoms with Crippen molar-refractivity contribution < 1.29 is 14.3 Å². The van der Waals surface area contributed by atoms with Crippen LogP contribution in [0.25, 0.3) is 0 Å². The van der Waals surface area contributed by atoms with Crippen LogP contribution in [-0.4, -0.2) is 17.9 Å². The van der Waals surface area contributed by atoms with Gasteiger partial charge in [-0.2, -0.15) is 5.26 Å². The average Bonchev–Trinajstić information content (AvgIpc) is 2.36. The lowest BCUT2D eigenvalue weighted by atomic mass is 9.91. The highest BCUT2D eigenvalue weighted by Gasteiger charge is 2.19. The third kappa shape index (κ3) is 3.26. The Morgan fingerprint density at radius 3 is 2.25 bits per heavy atom. The molecule has 0 aliphatic heterocycles. The Balaban J connectivity index is 3.38. The van der Waals surface area contributed by atoms with Crippen molar-refractivity contribution in [1.29, 1.82) is 5.26 Å². The van der Waals surface area contributed by atoms with E-state index in [2.05, 4.69) is 0 Å². The van der Waals surface area contributed by atoms with E-state index in [1.165, 1.54) is 19.1 Å². The van der Waals surface area contributed by atoms with Gasteiger partial charge in [0.2, 0.25) is 5.91 Å². The number of carbonyl (C=O) groups is 2. The number of nitrogens with two attached hydrogens (primary N) is 2. The monoisotopic (exact) mass is 275 g/mol. The van der Waals surface area contributed by atoms with Gasteiger partial charge in [0.05, 0.1) is 11.6 Å². The summed E-state index contributed by atoms with van der Waals surface area (Å²) in [5.41, 5.74) is 11.5. The Kier molecular flexibility index (Phi) is 4.70. The van der Waals surface area contributed by atoms with E-state index in [1.54, 1.807) is 0 Å². The number of carbonyl (C=O) groups excluding carboxylic acids is 2. The second-order valence-electron chi connectivity index (χ2n) is 4.73. The molecular weight excluding hydrogens is 258 g/mol. The summed E-state index contributed by atoms with van der Waals surface area (Å²) in [7, 11) is 0. The number of hydrogen-bond donors (Lipinski definition) is 2.